The van der Waals surface area contributed by atoms with Crippen molar-refractivity contribution in [1.29, 1.82) is 0 Å². The molecule has 1 amide bonds. The number of benzene rings is 1. The van der Waals surface area contributed by atoms with Gasteiger partial charge in [0.2, 0.25) is 10.0 Å². The number of carbonyl (C=O) groups excluding carboxylic acids is 2. The Kier molecular flexibility index (Phi) is 9.10. The molecule has 9 heteroatoms. The van der Waals surface area contributed by atoms with Crippen molar-refractivity contribution in [2.24, 2.45) is 0 Å². The van der Waals surface area contributed by atoms with Crippen LogP contribution in [0.25, 0.3) is 0 Å². The van der Waals surface area contributed by atoms with E-state index in [1.54, 1.807) is 6.07 Å². The number of hydrogen-bond donors (Lipinski definition) is 1. The maximum Gasteiger partial charge on any atom is 0.305 e. The molecule has 2 rings (SSSR count). The number of ether oxygens (including phenoxy) is 2. The third-order valence-corrected chi connectivity index (χ3v) is 7.36. The number of methoxy groups -OCH3 is 2. The highest BCUT2D eigenvalue weighted by Crippen LogP contribution is 2.31. The molecule has 1 aromatic rings. The Morgan fingerprint density at radius 3 is 2.60 bits per heavy atom. The third kappa shape index (κ3) is 6.18. The molecule has 30 heavy (non-hydrogen) atoms. The Hall–Kier alpha value is -2.13. The van der Waals surface area contributed by atoms with E-state index in [2.05, 4.69) is 10.1 Å². The molecule has 0 bridgehead atoms. The lowest BCUT2D eigenvalue weighted by Crippen LogP contribution is -2.42. The second kappa shape index (κ2) is 11.3. The lowest BCUT2D eigenvalue weighted by Gasteiger charge is -2.32. The molecular formula is C21H32N2O6S. The zero-order chi connectivity index (χ0) is 22.1. The van der Waals surface area contributed by atoms with E-state index in [9.17, 15) is 18.0 Å². The minimum atomic E-state index is -3.77. The number of carbonyl (C=O) groups is 2. The van der Waals surface area contributed by atoms with Crippen molar-refractivity contribution in [3.63, 3.8) is 0 Å². The topological polar surface area (TPSA) is 102 Å². The molecule has 0 saturated carbocycles. The van der Waals surface area contributed by atoms with E-state index in [1.807, 2.05) is 6.92 Å². The first-order valence-electron chi connectivity index (χ1n) is 10.4. The van der Waals surface area contributed by atoms with E-state index >= 15 is 0 Å². The number of rotatable bonds is 10. The highest BCUT2D eigenvalue weighted by Gasteiger charge is 2.33. The fraction of sp³-hybridized carbons (Fsp3) is 0.619. The Morgan fingerprint density at radius 1 is 1.17 bits per heavy atom. The van der Waals surface area contributed by atoms with E-state index in [0.717, 1.165) is 32.1 Å². The lowest BCUT2D eigenvalue weighted by molar-refractivity contribution is -0.140. The molecule has 1 unspecified atom stereocenters. The number of esters is 1. The van der Waals surface area contributed by atoms with Crippen LogP contribution in [0.4, 0.5) is 0 Å². The van der Waals surface area contributed by atoms with E-state index in [0.29, 0.717) is 25.9 Å². The minimum Gasteiger partial charge on any atom is -0.495 e. The first-order chi connectivity index (χ1) is 14.3. The minimum absolute atomic E-state index is 0.0180. The van der Waals surface area contributed by atoms with Crippen LogP contribution < -0.4 is 10.1 Å². The summed E-state index contributed by atoms with van der Waals surface area (Å²) in [6.45, 7) is 2.81. The van der Waals surface area contributed by atoms with Crippen molar-refractivity contribution < 1.29 is 27.5 Å². The summed E-state index contributed by atoms with van der Waals surface area (Å²) in [7, 11) is -0.991. The molecule has 1 atom stereocenters. The van der Waals surface area contributed by atoms with Crippen LogP contribution >= 0.6 is 0 Å². The normalized spacial score (nSPS) is 17.4. The Balaban J connectivity index is 2.04. The van der Waals surface area contributed by atoms with Gasteiger partial charge in [-0.2, -0.15) is 4.31 Å². The molecule has 1 saturated heterocycles. The zero-order valence-corrected chi connectivity index (χ0v) is 18.8. The molecule has 1 aliphatic heterocycles. The zero-order valence-electron chi connectivity index (χ0n) is 18.0. The molecule has 0 aliphatic carbocycles. The summed E-state index contributed by atoms with van der Waals surface area (Å²) < 4.78 is 37.8. The number of sulfonamides is 1. The van der Waals surface area contributed by atoms with Crippen LogP contribution in [-0.2, 0) is 19.6 Å². The number of amides is 1. The van der Waals surface area contributed by atoms with Gasteiger partial charge in [0.05, 0.1) is 14.2 Å². The number of nitrogens with one attached hydrogen (secondary N) is 1. The number of hydrogen-bond acceptors (Lipinski definition) is 6. The summed E-state index contributed by atoms with van der Waals surface area (Å²) in [6.07, 6.45) is 5.20. The molecule has 1 N–H and O–H groups in total. The van der Waals surface area contributed by atoms with Gasteiger partial charge < -0.3 is 14.8 Å². The summed E-state index contributed by atoms with van der Waals surface area (Å²) in [5.74, 6) is -0.352. The molecule has 8 nitrogen and oxygen atoms in total. The van der Waals surface area contributed by atoms with E-state index in [1.165, 1.54) is 30.7 Å². The van der Waals surface area contributed by atoms with Crippen molar-refractivity contribution in [2.75, 3.05) is 27.3 Å². The summed E-state index contributed by atoms with van der Waals surface area (Å²) in [6, 6.07) is 4.38. The Morgan fingerprint density at radius 2 is 1.93 bits per heavy atom. The fourth-order valence-electron chi connectivity index (χ4n) is 3.55. The van der Waals surface area contributed by atoms with Gasteiger partial charge >= 0.3 is 5.97 Å². The number of piperidine rings is 1. The van der Waals surface area contributed by atoms with Crippen LogP contribution in [0.15, 0.2) is 23.1 Å². The van der Waals surface area contributed by atoms with E-state index in [4.69, 9.17) is 4.74 Å². The molecule has 1 heterocycles. The van der Waals surface area contributed by atoms with Crippen molar-refractivity contribution >= 4 is 21.9 Å². The van der Waals surface area contributed by atoms with Gasteiger partial charge in [-0.1, -0.05) is 12.8 Å². The van der Waals surface area contributed by atoms with E-state index in [-0.39, 0.29) is 34.1 Å². The lowest BCUT2D eigenvalue weighted by atomic mass is 10.1. The van der Waals surface area contributed by atoms with Crippen LogP contribution in [0.3, 0.4) is 0 Å². The molecule has 1 fully saturated rings. The van der Waals surface area contributed by atoms with Crippen molar-refractivity contribution in [2.45, 2.75) is 62.8 Å². The van der Waals surface area contributed by atoms with Gasteiger partial charge in [0.15, 0.2) is 0 Å². The number of nitrogens with zero attached hydrogens (tertiary/aromatic N) is 1. The fourth-order valence-corrected chi connectivity index (χ4v) is 5.43. The monoisotopic (exact) mass is 440 g/mol. The van der Waals surface area contributed by atoms with Gasteiger partial charge in [-0.3, -0.25) is 9.59 Å². The van der Waals surface area contributed by atoms with Crippen LogP contribution in [-0.4, -0.2) is 58.0 Å². The first-order valence-corrected chi connectivity index (χ1v) is 11.8. The summed E-state index contributed by atoms with van der Waals surface area (Å²) >= 11 is 0. The second-order valence-electron chi connectivity index (χ2n) is 7.47. The standard InChI is InChI=1S/C21H32N2O6S/c1-16-9-6-8-14-23(16)30(26,27)19-15-17(11-12-18(19)28-2)21(25)22-13-7-4-5-10-20(24)29-3/h11-12,15-16H,4-10,13-14H2,1-3H3,(H,22,25). The maximum absolute atomic E-state index is 13.2. The van der Waals surface area contributed by atoms with Crippen LogP contribution in [0.1, 0.15) is 62.2 Å². The molecule has 0 spiro atoms. The van der Waals surface area contributed by atoms with Gasteiger partial charge in [0, 0.05) is 31.1 Å². The quantitative estimate of drug-likeness (QED) is 0.443. The predicted octanol–water partition coefficient (Wildman–Crippen LogP) is 2.72. The van der Waals surface area contributed by atoms with Crippen molar-refractivity contribution in [3.8, 4) is 5.75 Å². The average molecular weight is 441 g/mol. The van der Waals surface area contributed by atoms with Gasteiger partial charge in [-0.05, 0) is 50.8 Å². The largest absolute Gasteiger partial charge is 0.495 e. The Bertz CT molecular complexity index is 840. The molecule has 0 radical (unpaired) electrons. The molecule has 1 aliphatic rings. The molecule has 168 valence electrons. The third-order valence-electron chi connectivity index (χ3n) is 5.33. The maximum atomic E-state index is 13.2. The highest BCUT2D eigenvalue weighted by atomic mass is 32.2. The van der Waals surface area contributed by atoms with Crippen LogP contribution in [0.5, 0.6) is 5.75 Å². The van der Waals surface area contributed by atoms with Crippen LogP contribution in [0.2, 0.25) is 0 Å². The SMILES string of the molecule is COC(=O)CCCCCNC(=O)c1ccc(OC)c(S(=O)(=O)N2CCCCC2C)c1. The second-order valence-corrected chi connectivity index (χ2v) is 9.33. The highest BCUT2D eigenvalue weighted by molar-refractivity contribution is 7.89. The molecule has 0 aromatic heterocycles. The first kappa shape index (κ1) is 24.1. The van der Waals surface area contributed by atoms with Crippen LogP contribution in [0, 0.1) is 0 Å². The smallest absolute Gasteiger partial charge is 0.305 e. The van der Waals surface area contributed by atoms with E-state index < -0.39 is 10.0 Å². The van der Waals surface area contributed by atoms with Gasteiger partial charge in [-0.15, -0.1) is 0 Å². The summed E-state index contributed by atoms with van der Waals surface area (Å²) in [5, 5.41) is 2.80. The van der Waals surface area contributed by atoms with Crippen molar-refractivity contribution in [1.82, 2.24) is 9.62 Å². The molecular weight excluding hydrogens is 408 g/mol. The summed E-state index contributed by atoms with van der Waals surface area (Å²) in [5.41, 5.74) is 0.272. The predicted molar refractivity (Wildman–Crippen MR) is 113 cm³/mol. The van der Waals surface area contributed by atoms with Gasteiger partial charge in [0.1, 0.15) is 10.6 Å². The van der Waals surface area contributed by atoms with Crippen molar-refractivity contribution in [3.05, 3.63) is 23.8 Å². The number of unbranched alkanes of at least 4 members (excludes halogenated alkanes) is 2. The average Bonchev–Trinajstić information content (AvgIpc) is 2.75. The van der Waals surface area contributed by atoms with Gasteiger partial charge in [-0.25, -0.2) is 8.42 Å². The molecule has 1 aromatic carbocycles. The Labute approximate surface area is 179 Å². The van der Waals surface area contributed by atoms with Gasteiger partial charge in [0.25, 0.3) is 5.91 Å². The summed E-state index contributed by atoms with van der Waals surface area (Å²) in [4.78, 5) is 23.6.